The maximum atomic E-state index is 13.8. The van der Waals surface area contributed by atoms with E-state index < -0.39 is 11.6 Å². The van der Waals surface area contributed by atoms with Crippen molar-refractivity contribution >= 4 is 0 Å². The first kappa shape index (κ1) is 12.5. The normalized spacial score (nSPS) is 17.5. The Morgan fingerprint density at radius 1 is 1.18 bits per heavy atom. The molecule has 1 N–H and O–H groups in total. The lowest BCUT2D eigenvalue weighted by Gasteiger charge is -2.22. The predicted molar refractivity (Wildman–Crippen MR) is 64.8 cm³/mol. The number of aryl methyl sites for hydroxylation is 1. The van der Waals surface area contributed by atoms with E-state index in [-0.39, 0.29) is 6.04 Å². The smallest absolute Gasteiger partial charge is 0.130 e. The third kappa shape index (κ3) is 2.83. The van der Waals surface area contributed by atoms with Gasteiger partial charge in [0.2, 0.25) is 0 Å². The zero-order valence-electron chi connectivity index (χ0n) is 10.6. The Kier molecular flexibility index (Phi) is 3.48. The molecule has 1 unspecified atom stereocenters. The summed E-state index contributed by atoms with van der Waals surface area (Å²) < 4.78 is 27.1. The summed E-state index contributed by atoms with van der Waals surface area (Å²) in [6.07, 6.45) is 2.25. The number of halogens is 2. The SMILES string of the molecule is Cc1cc(C(NC(C)C)C2CC2)c(F)cc1F. The number of rotatable bonds is 4. The summed E-state index contributed by atoms with van der Waals surface area (Å²) in [5, 5.41) is 3.38. The van der Waals surface area contributed by atoms with Gasteiger partial charge < -0.3 is 5.32 Å². The van der Waals surface area contributed by atoms with Crippen LogP contribution in [0.3, 0.4) is 0 Å². The minimum absolute atomic E-state index is 0.0225. The lowest BCUT2D eigenvalue weighted by atomic mass is 9.98. The molecule has 1 aromatic rings. The van der Waals surface area contributed by atoms with Crippen molar-refractivity contribution in [2.75, 3.05) is 0 Å². The molecule has 94 valence electrons. The van der Waals surface area contributed by atoms with Gasteiger partial charge in [0.25, 0.3) is 0 Å². The van der Waals surface area contributed by atoms with Crippen LogP contribution in [0.1, 0.15) is 43.9 Å². The monoisotopic (exact) mass is 239 g/mol. The second-order valence-corrected chi connectivity index (χ2v) is 5.26. The van der Waals surface area contributed by atoms with Gasteiger partial charge in [0.1, 0.15) is 11.6 Å². The van der Waals surface area contributed by atoms with Crippen molar-refractivity contribution in [3.05, 3.63) is 34.9 Å². The van der Waals surface area contributed by atoms with Crippen LogP contribution in [0.15, 0.2) is 12.1 Å². The Bertz CT molecular complexity index is 411. The number of hydrogen-bond donors (Lipinski definition) is 1. The van der Waals surface area contributed by atoms with Crippen LogP contribution in [0.25, 0.3) is 0 Å². The van der Waals surface area contributed by atoms with E-state index in [4.69, 9.17) is 0 Å². The summed E-state index contributed by atoms with van der Waals surface area (Å²) in [6.45, 7) is 5.77. The average molecular weight is 239 g/mol. The summed E-state index contributed by atoms with van der Waals surface area (Å²) in [5.74, 6) is -0.403. The Balaban J connectivity index is 2.31. The van der Waals surface area contributed by atoms with Gasteiger partial charge in [-0.2, -0.15) is 0 Å². The van der Waals surface area contributed by atoms with Gasteiger partial charge in [0.05, 0.1) is 0 Å². The van der Waals surface area contributed by atoms with Gasteiger partial charge in [-0.25, -0.2) is 8.78 Å². The zero-order valence-corrected chi connectivity index (χ0v) is 10.6. The van der Waals surface area contributed by atoms with Crippen LogP contribution in [0.2, 0.25) is 0 Å². The second-order valence-electron chi connectivity index (χ2n) is 5.26. The molecule has 1 aliphatic carbocycles. The number of nitrogens with one attached hydrogen (secondary N) is 1. The minimum Gasteiger partial charge on any atom is -0.307 e. The summed E-state index contributed by atoms with van der Waals surface area (Å²) in [5.41, 5.74) is 1.12. The second kappa shape index (κ2) is 4.73. The Morgan fingerprint density at radius 2 is 1.82 bits per heavy atom. The van der Waals surface area contributed by atoms with Crippen molar-refractivity contribution in [3.8, 4) is 0 Å². The summed E-state index contributed by atoms with van der Waals surface area (Å²) in [6, 6.07) is 2.96. The molecule has 0 aromatic heterocycles. The Labute approximate surface area is 101 Å². The van der Waals surface area contributed by atoms with E-state index >= 15 is 0 Å². The van der Waals surface area contributed by atoms with Gasteiger partial charge in [-0.15, -0.1) is 0 Å². The molecular weight excluding hydrogens is 220 g/mol. The van der Waals surface area contributed by atoms with Crippen LogP contribution in [0.4, 0.5) is 8.78 Å². The largest absolute Gasteiger partial charge is 0.307 e. The minimum atomic E-state index is -0.467. The molecule has 17 heavy (non-hydrogen) atoms. The van der Waals surface area contributed by atoms with Gasteiger partial charge in [0, 0.05) is 23.7 Å². The lowest BCUT2D eigenvalue weighted by Crippen LogP contribution is -2.30. The summed E-state index contributed by atoms with van der Waals surface area (Å²) in [7, 11) is 0. The number of benzene rings is 1. The van der Waals surface area contributed by atoms with Gasteiger partial charge >= 0.3 is 0 Å². The van der Waals surface area contributed by atoms with E-state index in [1.54, 1.807) is 13.0 Å². The first-order valence-corrected chi connectivity index (χ1v) is 6.20. The maximum Gasteiger partial charge on any atom is 0.130 e. The van der Waals surface area contributed by atoms with E-state index in [1.165, 1.54) is 0 Å². The molecule has 0 radical (unpaired) electrons. The molecule has 0 bridgehead atoms. The zero-order chi connectivity index (χ0) is 12.6. The highest BCUT2D eigenvalue weighted by atomic mass is 19.1. The molecule has 1 aliphatic rings. The fourth-order valence-corrected chi connectivity index (χ4v) is 2.19. The maximum absolute atomic E-state index is 13.8. The molecule has 0 spiro atoms. The molecule has 3 heteroatoms. The van der Waals surface area contributed by atoms with Gasteiger partial charge in [0.15, 0.2) is 0 Å². The third-order valence-corrected chi connectivity index (χ3v) is 3.22. The molecule has 0 amide bonds. The van der Waals surface area contributed by atoms with E-state index in [0.29, 0.717) is 23.1 Å². The van der Waals surface area contributed by atoms with Gasteiger partial charge in [-0.1, -0.05) is 13.8 Å². The molecule has 1 fully saturated rings. The Morgan fingerprint density at radius 3 is 2.35 bits per heavy atom. The van der Waals surface area contributed by atoms with E-state index in [1.807, 2.05) is 13.8 Å². The van der Waals surface area contributed by atoms with Crippen LogP contribution >= 0.6 is 0 Å². The van der Waals surface area contributed by atoms with Gasteiger partial charge in [-0.05, 0) is 37.3 Å². The highest BCUT2D eigenvalue weighted by Crippen LogP contribution is 2.42. The van der Waals surface area contributed by atoms with Crippen molar-refractivity contribution < 1.29 is 8.78 Å². The molecule has 1 aromatic carbocycles. The fourth-order valence-electron chi connectivity index (χ4n) is 2.19. The fraction of sp³-hybridized carbons (Fsp3) is 0.571. The van der Waals surface area contributed by atoms with Crippen LogP contribution in [0, 0.1) is 24.5 Å². The topological polar surface area (TPSA) is 12.0 Å². The first-order valence-electron chi connectivity index (χ1n) is 6.20. The van der Waals surface area contributed by atoms with Crippen molar-refractivity contribution in [1.29, 1.82) is 0 Å². The molecular formula is C14H19F2N. The van der Waals surface area contributed by atoms with Crippen molar-refractivity contribution in [2.24, 2.45) is 5.92 Å². The molecule has 1 saturated carbocycles. The third-order valence-electron chi connectivity index (χ3n) is 3.22. The molecule has 1 atom stereocenters. The summed E-state index contributed by atoms with van der Waals surface area (Å²) >= 11 is 0. The van der Waals surface area contributed by atoms with Crippen LogP contribution in [-0.4, -0.2) is 6.04 Å². The predicted octanol–water partition coefficient (Wildman–Crippen LogP) is 3.72. The molecule has 1 nitrogen and oxygen atoms in total. The first-order chi connectivity index (χ1) is 7.99. The van der Waals surface area contributed by atoms with E-state index in [0.717, 1.165) is 18.9 Å². The molecule has 0 saturated heterocycles. The van der Waals surface area contributed by atoms with Crippen LogP contribution < -0.4 is 5.32 Å². The van der Waals surface area contributed by atoms with Crippen molar-refractivity contribution in [3.63, 3.8) is 0 Å². The standard InChI is InChI=1S/C14H19F2N/c1-8(2)17-14(10-4-5-10)11-6-9(3)12(15)7-13(11)16/h6-8,10,14,17H,4-5H2,1-3H3. The molecule has 0 heterocycles. The van der Waals surface area contributed by atoms with Crippen LogP contribution in [0.5, 0.6) is 0 Å². The number of hydrogen-bond acceptors (Lipinski definition) is 1. The quantitative estimate of drug-likeness (QED) is 0.844. The van der Waals surface area contributed by atoms with Crippen LogP contribution in [-0.2, 0) is 0 Å². The summed E-state index contributed by atoms with van der Waals surface area (Å²) in [4.78, 5) is 0. The van der Waals surface area contributed by atoms with Crippen molar-refractivity contribution in [1.82, 2.24) is 5.32 Å². The lowest BCUT2D eigenvalue weighted by molar-refractivity contribution is 0.418. The Hall–Kier alpha value is -0.960. The molecule has 2 rings (SSSR count). The van der Waals surface area contributed by atoms with E-state index in [2.05, 4.69) is 5.32 Å². The van der Waals surface area contributed by atoms with Crippen molar-refractivity contribution in [2.45, 2.75) is 45.7 Å². The van der Waals surface area contributed by atoms with E-state index in [9.17, 15) is 8.78 Å². The highest BCUT2D eigenvalue weighted by Gasteiger charge is 2.34. The molecule has 0 aliphatic heterocycles. The average Bonchev–Trinajstić information content (AvgIpc) is 3.04. The highest BCUT2D eigenvalue weighted by molar-refractivity contribution is 5.29. The van der Waals surface area contributed by atoms with Gasteiger partial charge in [-0.3, -0.25) is 0 Å².